The number of nitrogens with zero attached hydrogens (tertiary/aromatic N) is 6. The summed E-state index contributed by atoms with van der Waals surface area (Å²) in [6, 6.07) is 3.70. The van der Waals surface area contributed by atoms with Crippen molar-refractivity contribution >= 4 is 29.1 Å². The maximum absolute atomic E-state index is 13.8. The number of carbonyl (C=O) groups excluding carboxylic acids is 1. The van der Waals surface area contributed by atoms with Gasteiger partial charge in [0.05, 0.1) is 47.0 Å². The van der Waals surface area contributed by atoms with Gasteiger partial charge in [0, 0.05) is 61.7 Å². The highest BCUT2D eigenvalue weighted by Crippen LogP contribution is 2.33. The van der Waals surface area contributed by atoms with Crippen LogP contribution in [0.5, 0.6) is 5.75 Å². The van der Waals surface area contributed by atoms with Crippen molar-refractivity contribution in [3.8, 4) is 17.0 Å². The van der Waals surface area contributed by atoms with E-state index in [2.05, 4.69) is 33.4 Å². The molecule has 0 bridgehead atoms. The largest absolute Gasteiger partial charge is 0.496 e. The van der Waals surface area contributed by atoms with Crippen molar-refractivity contribution in [2.24, 2.45) is 0 Å². The molecule has 42 heavy (non-hydrogen) atoms. The Morgan fingerprint density at radius 1 is 1.14 bits per heavy atom. The molecule has 0 unspecified atom stereocenters. The van der Waals surface area contributed by atoms with Gasteiger partial charge in [-0.1, -0.05) is 20.3 Å². The first-order valence-corrected chi connectivity index (χ1v) is 14.6. The predicted molar refractivity (Wildman–Crippen MR) is 167 cm³/mol. The Bertz CT molecular complexity index is 1640. The molecule has 5 rings (SSSR count). The molecule has 0 saturated carbocycles. The SMILES string of the molecule is CCCc1nc(Nc2cc(-c3cnccc3OC)nc(C)c2C=N)cn2c(C)c(C(=O)N3CCN(CC)CC3)c(C)c12. The summed E-state index contributed by atoms with van der Waals surface area (Å²) in [7, 11) is 1.62. The van der Waals surface area contributed by atoms with Gasteiger partial charge in [0.2, 0.25) is 0 Å². The Hall–Kier alpha value is -4.31. The third-order valence-electron chi connectivity index (χ3n) is 8.21. The van der Waals surface area contributed by atoms with Crippen molar-refractivity contribution in [1.29, 1.82) is 5.41 Å². The number of fused-ring (bicyclic) bond motifs is 1. The predicted octanol–water partition coefficient (Wildman–Crippen LogP) is 5.20. The van der Waals surface area contributed by atoms with Crippen LogP contribution in [-0.4, -0.2) is 81.1 Å². The fourth-order valence-corrected chi connectivity index (χ4v) is 5.93. The Kier molecular flexibility index (Phi) is 8.54. The third kappa shape index (κ3) is 5.34. The van der Waals surface area contributed by atoms with Crippen LogP contribution < -0.4 is 10.1 Å². The maximum atomic E-state index is 13.8. The summed E-state index contributed by atoms with van der Waals surface area (Å²) in [6.45, 7) is 14.5. The number of methoxy groups -OCH3 is 1. The van der Waals surface area contributed by atoms with Crippen LogP contribution in [0.4, 0.5) is 11.5 Å². The van der Waals surface area contributed by atoms with E-state index in [4.69, 9.17) is 20.1 Å². The minimum Gasteiger partial charge on any atom is -0.496 e. The molecular weight excluding hydrogens is 528 g/mol. The quantitative estimate of drug-likeness (QED) is 0.267. The summed E-state index contributed by atoms with van der Waals surface area (Å²) < 4.78 is 7.66. The number of aromatic nitrogens is 4. The Labute approximate surface area is 247 Å². The van der Waals surface area contributed by atoms with Crippen LogP contribution in [0.25, 0.3) is 16.8 Å². The molecule has 4 aromatic rings. The minimum atomic E-state index is 0.0901. The number of amides is 1. The number of anilines is 2. The molecule has 1 aliphatic heterocycles. The number of aryl methyl sites for hydroxylation is 4. The van der Waals surface area contributed by atoms with E-state index in [0.29, 0.717) is 34.2 Å². The van der Waals surface area contributed by atoms with E-state index >= 15 is 0 Å². The molecule has 1 amide bonds. The average Bonchev–Trinajstić information content (AvgIpc) is 3.25. The maximum Gasteiger partial charge on any atom is 0.256 e. The Morgan fingerprint density at radius 3 is 2.57 bits per heavy atom. The van der Waals surface area contributed by atoms with Gasteiger partial charge in [-0.2, -0.15) is 0 Å². The fraction of sp³-hybridized carbons (Fsp3) is 0.406. The normalized spacial score (nSPS) is 13.9. The fourth-order valence-electron chi connectivity index (χ4n) is 5.93. The van der Waals surface area contributed by atoms with Gasteiger partial charge in [-0.15, -0.1) is 0 Å². The standard InChI is InChI=1S/C32H40N8O2/c1-7-9-25-31-20(3)30(32(41)39-14-12-38(8-2)13-15-39)22(5)40(31)19-29(36-25)37-26-16-27(35-21(4)23(26)17-33)24-18-34-11-10-28(24)42-6/h10-11,16-19,33H,7-9,12-15H2,1-6H3,(H,35,37). The number of pyridine rings is 2. The number of piperazine rings is 1. The molecule has 10 nitrogen and oxygen atoms in total. The van der Waals surface area contributed by atoms with Gasteiger partial charge in [0.15, 0.2) is 0 Å². The van der Waals surface area contributed by atoms with Gasteiger partial charge < -0.3 is 29.7 Å². The van der Waals surface area contributed by atoms with Gasteiger partial charge in [0.1, 0.15) is 11.6 Å². The van der Waals surface area contributed by atoms with Crippen molar-refractivity contribution in [1.82, 2.24) is 29.2 Å². The number of carbonyl (C=O) groups is 1. The topological polar surface area (TPSA) is 112 Å². The molecule has 0 aliphatic carbocycles. The first-order valence-electron chi connectivity index (χ1n) is 14.6. The molecule has 0 spiro atoms. The lowest BCUT2D eigenvalue weighted by molar-refractivity contribution is 0.0642. The zero-order valence-corrected chi connectivity index (χ0v) is 25.4. The summed E-state index contributed by atoms with van der Waals surface area (Å²) in [5, 5.41) is 11.6. The highest BCUT2D eigenvalue weighted by molar-refractivity contribution is 6.00. The third-order valence-corrected chi connectivity index (χ3v) is 8.21. The average molecular weight is 569 g/mol. The summed E-state index contributed by atoms with van der Waals surface area (Å²) in [6.07, 6.45) is 8.36. The van der Waals surface area contributed by atoms with Crippen LogP contribution in [0.1, 0.15) is 58.8 Å². The lowest BCUT2D eigenvalue weighted by atomic mass is 10.1. The Balaban J connectivity index is 1.58. The highest BCUT2D eigenvalue weighted by Gasteiger charge is 2.28. The van der Waals surface area contributed by atoms with Crippen LogP contribution in [0.15, 0.2) is 30.7 Å². The number of nitrogens with one attached hydrogen (secondary N) is 2. The number of rotatable bonds is 9. The summed E-state index contributed by atoms with van der Waals surface area (Å²) in [4.78, 5) is 32.2. The molecular formula is C32H40N8O2. The molecule has 10 heteroatoms. The van der Waals surface area contributed by atoms with E-state index in [1.54, 1.807) is 25.6 Å². The van der Waals surface area contributed by atoms with E-state index in [0.717, 1.165) is 79.2 Å². The van der Waals surface area contributed by atoms with Gasteiger partial charge in [-0.3, -0.25) is 14.8 Å². The molecule has 0 radical (unpaired) electrons. The molecule has 5 heterocycles. The zero-order chi connectivity index (χ0) is 30.0. The second-order valence-corrected chi connectivity index (χ2v) is 10.8. The van der Waals surface area contributed by atoms with Crippen LogP contribution >= 0.6 is 0 Å². The van der Waals surface area contributed by atoms with Crippen molar-refractivity contribution in [2.75, 3.05) is 45.2 Å². The van der Waals surface area contributed by atoms with E-state index < -0.39 is 0 Å². The van der Waals surface area contributed by atoms with Gasteiger partial charge in [-0.25, -0.2) is 4.98 Å². The van der Waals surface area contributed by atoms with Crippen molar-refractivity contribution in [3.63, 3.8) is 0 Å². The number of likely N-dealkylation sites (N-methyl/N-ethyl adjacent to an activating group) is 1. The highest BCUT2D eigenvalue weighted by atomic mass is 16.5. The van der Waals surface area contributed by atoms with Gasteiger partial charge >= 0.3 is 0 Å². The molecule has 0 atom stereocenters. The van der Waals surface area contributed by atoms with E-state index in [1.165, 1.54) is 6.21 Å². The number of hydrogen-bond acceptors (Lipinski definition) is 8. The number of ether oxygens (including phenoxy) is 1. The minimum absolute atomic E-state index is 0.0901. The smallest absolute Gasteiger partial charge is 0.256 e. The van der Waals surface area contributed by atoms with Crippen molar-refractivity contribution in [2.45, 2.75) is 47.5 Å². The zero-order valence-electron chi connectivity index (χ0n) is 25.4. The van der Waals surface area contributed by atoms with Crippen molar-refractivity contribution < 1.29 is 9.53 Å². The van der Waals surface area contributed by atoms with Crippen LogP contribution in [0.2, 0.25) is 0 Å². The molecule has 2 N–H and O–H groups in total. The molecule has 0 aromatic carbocycles. The van der Waals surface area contributed by atoms with Gasteiger partial charge in [0.25, 0.3) is 5.91 Å². The molecule has 1 fully saturated rings. The van der Waals surface area contributed by atoms with E-state index in [9.17, 15) is 4.79 Å². The van der Waals surface area contributed by atoms with E-state index in [1.807, 2.05) is 37.9 Å². The summed E-state index contributed by atoms with van der Waals surface area (Å²) in [5.41, 5.74) is 8.11. The molecule has 220 valence electrons. The van der Waals surface area contributed by atoms with Gasteiger partial charge in [-0.05, 0) is 51.4 Å². The van der Waals surface area contributed by atoms with Crippen LogP contribution in [-0.2, 0) is 6.42 Å². The monoisotopic (exact) mass is 568 g/mol. The second-order valence-electron chi connectivity index (χ2n) is 10.8. The van der Waals surface area contributed by atoms with Crippen LogP contribution in [0, 0.1) is 26.2 Å². The molecule has 1 aliphatic rings. The summed E-state index contributed by atoms with van der Waals surface area (Å²) >= 11 is 0. The lowest BCUT2D eigenvalue weighted by Gasteiger charge is -2.34. The van der Waals surface area contributed by atoms with Crippen molar-refractivity contribution in [3.05, 3.63) is 64.5 Å². The van der Waals surface area contributed by atoms with Crippen LogP contribution in [0.3, 0.4) is 0 Å². The first kappa shape index (κ1) is 29.2. The first-order chi connectivity index (χ1) is 20.3. The van der Waals surface area contributed by atoms with E-state index in [-0.39, 0.29) is 5.91 Å². The molecule has 4 aromatic heterocycles. The Morgan fingerprint density at radius 2 is 1.90 bits per heavy atom. The number of hydrogen-bond donors (Lipinski definition) is 2. The summed E-state index contributed by atoms with van der Waals surface area (Å²) in [5.74, 6) is 1.40. The second kappa shape index (κ2) is 12.3. The lowest BCUT2D eigenvalue weighted by Crippen LogP contribution is -2.48. The molecule has 1 saturated heterocycles.